The van der Waals surface area contributed by atoms with Crippen molar-refractivity contribution in [3.63, 3.8) is 0 Å². The van der Waals surface area contributed by atoms with E-state index in [1.54, 1.807) is 0 Å². The third-order valence-electron chi connectivity index (χ3n) is 6.49. The van der Waals surface area contributed by atoms with Gasteiger partial charge in [0.2, 0.25) is 10.0 Å². The Kier molecular flexibility index (Phi) is 7.69. The summed E-state index contributed by atoms with van der Waals surface area (Å²) in [5.74, 6) is -1.33. The third-order valence-corrected chi connectivity index (χ3v) is 8.40. The number of benzene rings is 1. The first-order valence-electron chi connectivity index (χ1n) is 11.0. The van der Waals surface area contributed by atoms with E-state index in [4.69, 9.17) is 4.74 Å². The summed E-state index contributed by atoms with van der Waals surface area (Å²) >= 11 is 0. The number of rotatable bonds is 6. The maximum Gasteiger partial charge on any atom is 0.338 e. The van der Waals surface area contributed by atoms with Gasteiger partial charge in [-0.05, 0) is 49.3 Å². The third kappa shape index (κ3) is 5.63. The lowest BCUT2D eigenvalue weighted by molar-refractivity contribution is -0.125. The molecule has 1 amide bonds. The summed E-state index contributed by atoms with van der Waals surface area (Å²) in [6, 6.07) is 3.14. The molecule has 1 aliphatic heterocycles. The molecule has 0 bridgehead atoms. The SMILES string of the molecule is CC1CCCC(NC(=O)COC(=O)c2ccc(F)c(S(=O)(=O)N3CCCCC3)c2)C1C. The van der Waals surface area contributed by atoms with E-state index in [-0.39, 0.29) is 11.6 Å². The summed E-state index contributed by atoms with van der Waals surface area (Å²) < 4.78 is 46.2. The van der Waals surface area contributed by atoms with Gasteiger partial charge in [-0.3, -0.25) is 4.79 Å². The van der Waals surface area contributed by atoms with Gasteiger partial charge in [-0.25, -0.2) is 17.6 Å². The van der Waals surface area contributed by atoms with Crippen molar-refractivity contribution in [2.24, 2.45) is 11.8 Å². The minimum absolute atomic E-state index is 0.0436. The zero-order chi connectivity index (χ0) is 22.6. The number of halogens is 1. The summed E-state index contributed by atoms with van der Waals surface area (Å²) in [4.78, 5) is 24.1. The van der Waals surface area contributed by atoms with Crippen LogP contribution in [0.3, 0.4) is 0 Å². The van der Waals surface area contributed by atoms with Gasteiger partial charge in [0.15, 0.2) is 6.61 Å². The molecule has 9 heteroatoms. The van der Waals surface area contributed by atoms with Crippen LogP contribution < -0.4 is 5.32 Å². The number of hydrogen-bond acceptors (Lipinski definition) is 5. The first kappa shape index (κ1) is 23.7. The molecule has 31 heavy (non-hydrogen) atoms. The van der Waals surface area contributed by atoms with E-state index in [9.17, 15) is 22.4 Å². The second kappa shape index (κ2) is 10.1. The summed E-state index contributed by atoms with van der Waals surface area (Å²) in [5.41, 5.74) is -0.107. The van der Waals surface area contributed by atoms with Crippen molar-refractivity contribution < 1.29 is 27.1 Å². The highest BCUT2D eigenvalue weighted by atomic mass is 32.2. The van der Waals surface area contributed by atoms with E-state index in [0.29, 0.717) is 24.9 Å². The van der Waals surface area contributed by atoms with Crippen LogP contribution in [0.5, 0.6) is 0 Å². The molecule has 1 heterocycles. The van der Waals surface area contributed by atoms with Gasteiger partial charge in [0.05, 0.1) is 5.56 Å². The normalized spacial score (nSPS) is 25.1. The molecule has 1 aromatic rings. The quantitative estimate of drug-likeness (QED) is 0.667. The van der Waals surface area contributed by atoms with Crippen LogP contribution in [-0.4, -0.2) is 50.3 Å². The van der Waals surface area contributed by atoms with Gasteiger partial charge in [0, 0.05) is 19.1 Å². The van der Waals surface area contributed by atoms with Gasteiger partial charge in [-0.15, -0.1) is 0 Å². The molecule has 0 aromatic heterocycles. The summed E-state index contributed by atoms with van der Waals surface area (Å²) in [5, 5.41) is 2.91. The Balaban J connectivity index is 1.63. The summed E-state index contributed by atoms with van der Waals surface area (Å²) in [6.07, 6.45) is 5.43. The first-order chi connectivity index (χ1) is 14.7. The van der Waals surface area contributed by atoms with Gasteiger partial charge in [-0.2, -0.15) is 4.31 Å². The minimum Gasteiger partial charge on any atom is -0.452 e. The number of carbonyl (C=O) groups is 2. The van der Waals surface area contributed by atoms with Crippen LogP contribution in [0, 0.1) is 17.7 Å². The molecule has 3 rings (SSSR count). The maximum atomic E-state index is 14.3. The average molecular weight is 455 g/mol. The standard InChI is InChI=1S/C22H31FN2O5S/c1-15-7-6-8-19(16(15)2)24-21(26)14-30-22(27)17-9-10-18(23)20(13-17)31(28,29)25-11-4-3-5-12-25/h9-10,13,15-16,19H,3-8,11-12,14H2,1-2H3,(H,24,26). The molecule has 2 aliphatic rings. The number of piperidine rings is 1. The molecule has 1 aromatic carbocycles. The molecule has 0 spiro atoms. The minimum atomic E-state index is -4.04. The lowest BCUT2D eigenvalue weighted by Gasteiger charge is -2.34. The van der Waals surface area contributed by atoms with E-state index < -0.39 is 39.2 Å². The molecule has 1 N–H and O–H groups in total. The van der Waals surface area contributed by atoms with Crippen LogP contribution in [0.15, 0.2) is 23.1 Å². The van der Waals surface area contributed by atoms with Gasteiger partial charge in [0.25, 0.3) is 5.91 Å². The van der Waals surface area contributed by atoms with E-state index >= 15 is 0 Å². The molecule has 3 unspecified atom stereocenters. The van der Waals surface area contributed by atoms with Gasteiger partial charge >= 0.3 is 5.97 Å². The average Bonchev–Trinajstić information content (AvgIpc) is 2.76. The maximum absolute atomic E-state index is 14.3. The Morgan fingerprint density at radius 3 is 2.55 bits per heavy atom. The molecule has 3 atom stereocenters. The molecule has 1 saturated heterocycles. The number of amides is 1. The summed E-state index contributed by atoms with van der Waals surface area (Å²) in [7, 11) is -4.04. The lowest BCUT2D eigenvalue weighted by Crippen LogP contribution is -2.45. The molecular formula is C22H31FN2O5S. The second-order valence-corrected chi connectivity index (χ2v) is 10.5. The second-order valence-electron chi connectivity index (χ2n) is 8.63. The fourth-order valence-electron chi connectivity index (χ4n) is 4.32. The Morgan fingerprint density at radius 1 is 1.13 bits per heavy atom. The van der Waals surface area contributed by atoms with Crippen molar-refractivity contribution in [2.45, 2.75) is 63.3 Å². The van der Waals surface area contributed by atoms with Crippen LogP contribution in [0.1, 0.15) is 62.7 Å². The smallest absolute Gasteiger partial charge is 0.338 e. The highest BCUT2D eigenvalue weighted by Gasteiger charge is 2.30. The van der Waals surface area contributed by atoms with Crippen LogP contribution in [0.2, 0.25) is 0 Å². The molecule has 1 aliphatic carbocycles. The van der Waals surface area contributed by atoms with Gasteiger partial charge in [-0.1, -0.05) is 33.1 Å². The van der Waals surface area contributed by atoms with Crippen molar-refractivity contribution in [2.75, 3.05) is 19.7 Å². The van der Waals surface area contributed by atoms with Crippen molar-refractivity contribution in [1.29, 1.82) is 0 Å². The van der Waals surface area contributed by atoms with E-state index in [2.05, 4.69) is 19.2 Å². The number of nitrogens with one attached hydrogen (secondary N) is 1. The number of hydrogen-bond donors (Lipinski definition) is 1. The Morgan fingerprint density at radius 2 is 1.84 bits per heavy atom. The van der Waals surface area contributed by atoms with Crippen LogP contribution >= 0.6 is 0 Å². The molecule has 7 nitrogen and oxygen atoms in total. The number of ether oxygens (including phenoxy) is 1. The summed E-state index contributed by atoms with van der Waals surface area (Å²) in [6.45, 7) is 4.45. The molecule has 2 fully saturated rings. The van der Waals surface area contributed by atoms with E-state index in [0.717, 1.165) is 56.7 Å². The molecule has 0 radical (unpaired) electrons. The van der Waals surface area contributed by atoms with E-state index in [1.807, 2.05) is 0 Å². The van der Waals surface area contributed by atoms with E-state index in [1.165, 1.54) is 4.31 Å². The molecule has 1 saturated carbocycles. The Labute approximate surface area is 183 Å². The van der Waals surface area contributed by atoms with Crippen molar-refractivity contribution in [3.8, 4) is 0 Å². The first-order valence-corrected chi connectivity index (χ1v) is 12.4. The largest absolute Gasteiger partial charge is 0.452 e. The van der Waals surface area contributed by atoms with Gasteiger partial charge in [0.1, 0.15) is 10.7 Å². The number of carbonyl (C=O) groups excluding carboxylic acids is 2. The number of sulfonamides is 1. The zero-order valence-corrected chi connectivity index (χ0v) is 18.9. The predicted octanol–water partition coefficient (Wildman–Crippen LogP) is 3.10. The monoisotopic (exact) mass is 454 g/mol. The van der Waals surface area contributed by atoms with Crippen molar-refractivity contribution in [1.82, 2.24) is 9.62 Å². The fraction of sp³-hybridized carbons (Fsp3) is 0.636. The predicted molar refractivity (Wildman–Crippen MR) is 113 cm³/mol. The van der Waals surface area contributed by atoms with Crippen LogP contribution in [0.25, 0.3) is 0 Å². The lowest BCUT2D eigenvalue weighted by atomic mass is 9.78. The zero-order valence-electron chi connectivity index (χ0n) is 18.1. The van der Waals surface area contributed by atoms with Crippen LogP contribution in [0.4, 0.5) is 4.39 Å². The van der Waals surface area contributed by atoms with Gasteiger partial charge < -0.3 is 10.1 Å². The molecule has 172 valence electrons. The highest BCUT2D eigenvalue weighted by Crippen LogP contribution is 2.29. The van der Waals surface area contributed by atoms with Crippen molar-refractivity contribution in [3.05, 3.63) is 29.6 Å². The topological polar surface area (TPSA) is 92.8 Å². The Hall–Kier alpha value is -2.00. The number of esters is 1. The fourth-order valence-corrected chi connectivity index (χ4v) is 5.93. The van der Waals surface area contributed by atoms with Crippen molar-refractivity contribution >= 4 is 21.9 Å². The number of nitrogens with zero attached hydrogens (tertiary/aromatic N) is 1. The van der Waals surface area contributed by atoms with Crippen LogP contribution in [-0.2, 0) is 19.6 Å². The Bertz CT molecular complexity index is 914. The highest BCUT2D eigenvalue weighted by molar-refractivity contribution is 7.89. The molecular weight excluding hydrogens is 423 g/mol.